The van der Waals surface area contributed by atoms with Crippen LogP contribution < -0.4 is 5.32 Å². The molecule has 1 amide bonds. The van der Waals surface area contributed by atoms with Crippen LogP contribution in [0.1, 0.15) is 39.9 Å². The number of nitrogens with one attached hydrogen (secondary N) is 1. The van der Waals surface area contributed by atoms with Gasteiger partial charge >= 0.3 is 0 Å². The van der Waals surface area contributed by atoms with Gasteiger partial charge in [-0.25, -0.2) is 4.39 Å². The molecule has 3 rings (SSSR count). The lowest BCUT2D eigenvalue weighted by atomic mass is 10.2. The van der Waals surface area contributed by atoms with Gasteiger partial charge in [-0.1, -0.05) is 18.2 Å². The molecule has 0 aliphatic heterocycles. The van der Waals surface area contributed by atoms with E-state index in [0.29, 0.717) is 41.3 Å². The SMILES string of the molecule is CCn1cc(C(=O)Nc2c(C)nn(Cc3ccccc3F)c2C)c(C)n1. The van der Waals surface area contributed by atoms with Crippen molar-refractivity contribution >= 4 is 11.6 Å². The quantitative estimate of drug-likeness (QED) is 0.762. The van der Waals surface area contributed by atoms with Gasteiger partial charge in [-0.3, -0.25) is 14.2 Å². The molecule has 1 N–H and O–H groups in total. The van der Waals surface area contributed by atoms with Gasteiger partial charge in [0.15, 0.2) is 0 Å². The fourth-order valence-electron chi connectivity index (χ4n) is 2.90. The Morgan fingerprint density at radius 2 is 1.88 bits per heavy atom. The summed E-state index contributed by atoms with van der Waals surface area (Å²) < 4.78 is 17.3. The third-order valence-electron chi connectivity index (χ3n) is 4.41. The fourth-order valence-corrected chi connectivity index (χ4v) is 2.90. The number of aromatic nitrogens is 4. The second-order valence-corrected chi connectivity index (χ2v) is 6.23. The molecule has 0 aliphatic rings. The molecule has 3 aromatic rings. The second kappa shape index (κ2) is 7.11. The fraction of sp³-hybridized carbons (Fsp3) is 0.316. The normalized spacial score (nSPS) is 11.0. The van der Waals surface area contributed by atoms with Gasteiger partial charge in [-0.05, 0) is 33.8 Å². The Hall–Kier alpha value is -2.96. The van der Waals surface area contributed by atoms with E-state index in [9.17, 15) is 9.18 Å². The predicted octanol–water partition coefficient (Wildman–Crippen LogP) is 3.46. The first kappa shape index (κ1) is 17.8. The molecule has 2 aromatic heterocycles. The Morgan fingerprint density at radius 3 is 2.54 bits per heavy atom. The molecule has 7 heteroatoms. The first-order valence-corrected chi connectivity index (χ1v) is 8.53. The van der Waals surface area contributed by atoms with E-state index in [1.807, 2.05) is 27.7 Å². The summed E-state index contributed by atoms with van der Waals surface area (Å²) in [7, 11) is 0. The van der Waals surface area contributed by atoms with Crippen molar-refractivity contribution in [3.63, 3.8) is 0 Å². The molecule has 0 saturated carbocycles. The molecule has 6 nitrogen and oxygen atoms in total. The van der Waals surface area contributed by atoms with Crippen molar-refractivity contribution in [1.82, 2.24) is 19.6 Å². The molecule has 0 unspecified atom stereocenters. The lowest BCUT2D eigenvalue weighted by Crippen LogP contribution is -2.14. The summed E-state index contributed by atoms with van der Waals surface area (Å²) in [6.07, 6.45) is 1.74. The number of rotatable bonds is 5. The van der Waals surface area contributed by atoms with Gasteiger partial charge in [0.25, 0.3) is 5.91 Å². The summed E-state index contributed by atoms with van der Waals surface area (Å²) in [6.45, 7) is 8.47. The highest BCUT2D eigenvalue weighted by Crippen LogP contribution is 2.22. The number of carbonyl (C=O) groups is 1. The zero-order valence-corrected chi connectivity index (χ0v) is 15.4. The van der Waals surface area contributed by atoms with E-state index in [0.717, 1.165) is 5.69 Å². The Bertz CT molecular complexity index is 957. The van der Waals surface area contributed by atoms with Crippen LogP contribution in [-0.4, -0.2) is 25.5 Å². The number of hydrogen-bond donors (Lipinski definition) is 1. The number of aryl methyl sites for hydroxylation is 3. The second-order valence-electron chi connectivity index (χ2n) is 6.23. The lowest BCUT2D eigenvalue weighted by molar-refractivity contribution is 0.102. The molecular formula is C19H22FN5O. The highest BCUT2D eigenvalue weighted by Gasteiger charge is 2.18. The summed E-state index contributed by atoms with van der Waals surface area (Å²) in [5.74, 6) is -0.493. The van der Waals surface area contributed by atoms with Crippen LogP contribution in [0.4, 0.5) is 10.1 Å². The molecule has 1 aromatic carbocycles. The van der Waals surface area contributed by atoms with Crippen LogP contribution in [0.2, 0.25) is 0 Å². The molecule has 0 bridgehead atoms. The maximum atomic E-state index is 13.9. The molecule has 0 fully saturated rings. The average molecular weight is 355 g/mol. The van der Waals surface area contributed by atoms with Crippen molar-refractivity contribution < 1.29 is 9.18 Å². The van der Waals surface area contributed by atoms with Crippen molar-refractivity contribution in [3.05, 3.63) is 64.5 Å². The number of hydrogen-bond acceptors (Lipinski definition) is 3. The van der Waals surface area contributed by atoms with Gasteiger partial charge in [0.2, 0.25) is 0 Å². The molecule has 0 saturated heterocycles. The number of anilines is 1. The van der Waals surface area contributed by atoms with Crippen LogP contribution in [0.25, 0.3) is 0 Å². The maximum Gasteiger partial charge on any atom is 0.259 e. The molecule has 136 valence electrons. The van der Waals surface area contributed by atoms with Crippen molar-refractivity contribution in [2.24, 2.45) is 0 Å². The minimum Gasteiger partial charge on any atom is -0.319 e. The summed E-state index contributed by atoms with van der Waals surface area (Å²) in [4.78, 5) is 12.6. The smallest absolute Gasteiger partial charge is 0.259 e. The first-order chi connectivity index (χ1) is 12.4. The molecule has 26 heavy (non-hydrogen) atoms. The Kier molecular flexibility index (Phi) is 4.88. The van der Waals surface area contributed by atoms with E-state index in [4.69, 9.17) is 0 Å². The third-order valence-corrected chi connectivity index (χ3v) is 4.41. The largest absolute Gasteiger partial charge is 0.319 e. The maximum absolute atomic E-state index is 13.9. The van der Waals surface area contributed by atoms with E-state index in [1.165, 1.54) is 6.07 Å². The number of benzene rings is 1. The van der Waals surface area contributed by atoms with Crippen LogP contribution in [0.15, 0.2) is 30.5 Å². The van der Waals surface area contributed by atoms with Gasteiger partial charge in [0, 0.05) is 18.3 Å². The Morgan fingerprint density at radius 1 is 1.15 bits per heavy atom. The Labute approximate surface area is 151 Å². The van der Waals surface area contributed by atoms with Crippen molar-refractivity contribution in [2.75, 3.05) is 5.32 Å². The molecule has 0 aliphatic carbocycles. The van der Waals surface area contributed by atoms with E-state index in [1.54, 1.807) is 33.8 Å². The number of amides is 1. The third kappa shape index (κ3) is 3.37. The highest BCUT2D eigenvalue weighted by molar-refractivity contribution is 6.05. The van der Waals surface area contributed by atoms with Crippen LogP contribution in [0.5, 0.6) is 0 Å². The van der Waals surface area contributed by atoms with Gasteiger partial charge in [0.05, 0.1) is 34.9 Å². The van der Waals surface area contributed by atoms with E-state index >= 15 is 0 Å². The zero-order valence-electron chi connectivity index (χ0n) is 15.4. The van der Waals surface area contributed by atoms with Gasteiger partial charge in [-0.2, -0.15) is 10.2 Å². The monoisotopic (exact) mass is 355 g/mol. The number of carbonyl (C=O) groups excluding carboxylic acids is 1. The summed E-state index contributed by atoms with van der Waals surface area (Å²) in [6, 6.07) is 6.61. The highest BCUT2D eigenvalue weighted by atomic mass is 19.1. The van der Waals surface area contributed by atoms with E-state index in [2.05, 4.69) is 15.5 Å². The molecule has 2 heterocycles. The van der Waals surface area contributed by atoms with Crippen molar-refractivity contribution in [3.8, 4) is 0 Å². The van der Waals surface area contributed by atoms with Crippen LogP contribution in [0, 0.1) is 26.6 Å². The number of halogens is 1. The van der Waals surface area contributed by atoms with E-state index < -0.39 is 0 Å². The zero-order chi connectivity index (χ0) is 18.8. The van der Waals surface area contributed by atoms with Crippen LogP contribution >= 0.6 is 0 Å². The molecular weight excluding hydrogens is 333 g/mol. The minimum absolute atomic E-state index is 0.223. The molecule has 0 atom stereocenters. The summed E-state index contributed by atoms with van der Waals surface area (Å²) >= 11 is 0. The van der Waals surface area contributed by atoms with E-state index in [-0.39, 0.29) is 11.7 Å². The van der Waals surface area contributed by atoms with Gasteiger partial charge < -0.3 is 5.32 Å². The van der Waals surface area contributed by atoms with Crippen LogP contribution in [-0.2, 0) is 13.1 Å². The first-order valence-electron chi connectivity index (χ1n) is 8.53. The molecule has 0 spiro atoms. The standard InChI is InChI=1S/C19H22FN5O/c1-5-24-11-16(12(2)22-24)19(26)21-18-13(3)23-25(14(18)4)10-15-8-6-7-9-17(15)20/h6-9,11H,5,10H2,1-4H3,(H,21,26). The van der Waals surface area contributed by atoms with Gasteiger partial charge in [-0.15, -0.1) is 0 Å². The van der Waals surface area contributed by atoms with Crippen molar-refractivity contribution in [1.29, 1.82) is 0 Å². The minimum atomic E-state index is -0.270. The lowest BCUT2D eigenvalue weighted by Gasteiger charge is -2.07. The number of nitrogens with zero attached hydrogens (tertiary/aromatic N) is 4. The summed E-state index contributed by atoms with van der Waals surface area (Å²) in [5.41, 5.74) is 3.88. The Balaban J connectivity index is 1.85. The summed E-state index contributed by atoms with van der Waals surface area (Å²) in [5, 5.41) is 11.7. The topological polar surface area (TPSA) is 64.7 Å². The van der Waals surface area contributed by atoms with Crippen LogP contribution in [0.3, 0.4) is 0 Å². The predicted molar refractivity (Wildman–Crippen MR) is 97.8 cm³/mol. The molecule has 0 radical (unpaired) electrons. The average Bonchev–Trinajstić information content (AvgIpc) is 3.11. The van der Waals surface area contributed by atoms with Gasteiger partial charge in [0.1, 0.15) is 5.82 Å². The van der Waals surface area contributed by atoms with Crippen molar-refractivity contribution in [2.45, 2.75) is 40.8 Å².